The largest absolute Gasteiger partial charge is 0.484 e. The Bertz CT molecular complexity index is 900. The van der Waals surface area contributed by atoms with E-state index in [1.165, 1.54) is 5.56 Å². The Kier molecular flexibility index (Phi) is 7.65. The van der Waals surface area contributed by atoms with Gasteiger partial charge in [-0.3, -0.25) is 9.59 Å². The van der Waals surface area contributed by atoms with E-state index < -0.39 is 6.04 Å². The van der Waals surface area contributed by atoms with Crippen molar-refractivity contribution in [2.24, 2.45) is 0 Å². The van der Waals surface area contributed by atoms with Gasteiger partial charge in [-0.05, 0) is 82.9 Å². The van der Waals surface area contributed by atoms with Gasteiger partial charge in [-0.1, -0.05) is 30.3 Å². The van der Waals surface area contributed by atoms with Crippen molar-refractivity contribution in [2.45, 2.75) is 66.6 Å². The topological polar surface area (TPSA) is 58.6 Å². The van der Waals surface area contributed by atoms with Crippen LogP contribution < -0.4 is 10.1 Å². The Morgan fingerprint density at radius 3 is 2.27 bits per heavy atom. The lowest BCUT2D eigenvalue weighted by Crippen LogP contribution is -2.53. The molecule has 5 nitrogen and oxygen atoms in total. The number of carbonyl (C=O) groups excluding carboxylic acids is 2. The summed E-state index contributed by atoms with van der Waals surface area (Å²) in [5.74, 6) is 0.234. The molecule has 0 bridgehead atoms. The summed E-state index contributed by atoms with van der Waals surface area (Å²) in [5.41, 5.74) is 3.98. The van der Waals surface area contributed by atoms with Crippen LogP contribution >= 0.6 is 0 Å². The molecule has 2 aromatic rings. The zero-order valence-electron chi connectivity index (χ0n) is 19.2. The molecule has 5 heteroatoms. The highest BCUT2D eigenvalue weighted by molar-refractivity contribution is 5.88. The predicted octanol–water partition coefficient (Wildman–Crippen LogP) is 4.32. The highest BCUT2D eigenvalue weighted by Crippen LogP contribution is 2.18. The number of nitrogens with one attached hydrogen (secondary N) is 1. The van der Waals surface area contributed by atoms with E-state index >= 15 is 0 Å². The summed E-state index contributed by atoms with van der Waals surface area (Å²) >= 11 is 0. The number of carbonyl (C=O) groups is 2. The number of hydrogen-bond acceptors (Lipinski definition) is 3. The normalized spacial score (nSPS) is 12.2. The molecule has 0 aliphatic rings. The molecular formula is C25H34N2O3. The van der Waals surface area contributed by atoms with Gasteiger partial charge >= 0.3 is 0 Å². The highest BCUT2D eigenvalue weighted by atomic mass is 16.5. The zero-order valence-corrected chi connectivity index (χ0v) is 19.2. The summed E-state index contributed by atoms with van der Waals surface area (Å²) in [5, 5.41) is 2.97. The summed E-state index contributed by atoms with van der Waals surface area (Å²) in [4.78, 5) is 27.5. The van der Waals surface area contributed by atoms with Gasteiger partial charge in [0.25, 0.3) is 5.91 Å². The SMILES string of the molecule is Cc1ccc(OCC(=O)N(Cc2ccccc2C)[C@@H](C)C(=O)NC(C)(C)C)cc1C. The van der Waals surface area contributed by atoms with E-state index in [1.807, 2.05) is 84.0 Å². The van der Waals surface area contributed by atoms with E-state index in [9.17, 15) is 9.59 Å². The summed E-state index contributed by atoms with van der Waals surface area (Å²) in [6.07, 6.45) is 0. The number of amides is 2. The van der Waals surface area contributed by atoms with Crippen molar-refractivity contribution in [2.75, 3.05) is 6.61 Å². The van der Waals surface area contributed by atoms with Crippen LogP contribution in [0.25, 0.3) is 0 Å². The molecule has 0 unspecified atom stereocenters. The van der Waals surface area contributed by atoms with E-state index in [1.54, 1.807) is 11.8 Å². The van der Waals surface area contributed by atoms with E-state index in [2.05, 4.69) is 5.32 Å². The first-order chi connectivity index (χ1) is 14.0. The fraction of sp³-hybridized carbons (Fsp3) is 0.440. The lowest BCUT2D eigenvalue weighted by molar-refractivity contribution is -0.142. The van der Waals surface area contributed by atoms with Crippen LogP contribution in [0.4, 0.5) is 0 Å². The molecule has 2 rings (SSSR count). The van der Waals surface area contributed by atoms with Crippen molar-refractivity contribution in [1.29, 1.82) is 0 Å². The Hall–Kier alpha value is -2.82. The van der Waals surface area contributed by atoms with Crippen LogP contribution in [-0.4, -0.2) is 34.9 Å². The minimum Gasteiger partial charge on any atom is -0.484 e. The maximum Gasteiger partial charge on any atom is 0.261 e. The molecule has 0 aliphatic heterocycles. The van der Waals surface area contributed by atoms with Gasteiger partial charge in [0.1, 0.15) is 11.8 Å². The second-order valence-electron chi connectivity index (χ2n) is 8.90. The second kappa shape index (κ2) is 9.79. The van der Waals surface area contributed by atoms with Crippen LogP contribution in [-0.2, 0) is 16.1 Å². The number of nitrogens with zero attached hydrogens (tertiary/aromatic N) is 1. The fourth-order valence-electron chi connectivity index (χ4n) is 3.06. The Morgan fingerprint density at radius 1 is 1.00 bits per heavy atom. The maximum atomic E-state index is 13.1. The van der Waals surface area contributed by atoms with E-state index in [4.69, 9.17) is 4.74 Å². The third-order valence-electron chi connectivity index (χ3n) is 5.11. The lowest BCUT2D eigenvalue weighted by atomic mass is 10.1. The van der Waals surface area contributed by atoms with Crippen LogP contribution in [0.5, 0.6) is 5.75 Å². The molecule has 0 heterocycles. The van der Waals surface area contributed by atoms with Gasteiger partial charge in [-0.15, -0.1) is 0 Å². The lowest BCUT2D eigenvalue weighted by Gasteiger charge is -2.31. The van der Waals surface area contributed by atoms with Gasteiger partial charge in [0.15, 0.2) is 6.61 Å². The molecule has 0 radical (unpaired) electrons. The summed E-state index contributed by atoms with van der Waals surface area (Å²) < 4.78 is 5.76. The van der Waals surface area contributed by atoms with Crippen LogP contribution in [0.3, 0.4) is 0 Å². The molecule has 162 valence electrons. The Morgan fingerprint density at radius 2 is 1.67 bits per heavy atom. The van der Waals surface area contributed by atoms with Crippen LogP contribution in [0.15, 0.2) is 42.5 Å². The fourth-order valence-corrected chi connectivity index (χ4v) is 3.06. The molecule has 0 saturated heterocycles. The van der Waals surface area contributed by atoms with E-state index in [0.29, 0.717) is 12.3 Å². The molecule has 2 aromatic carbocycles. The van der Waals surface area contributed by atoms with E-state index in [-0.39, 0.29) is 24.0 Å². The Labute approximate surface area is 180 Å². The summed E-state index contributed by atoms with van der Waals surface area (Å²) in [6, 6.07) is 13.0. The van der Waals surface area contributed by atoms with Crippen LogP contribution in [0, 0.1) is 20.8 Å². The maximum absolute atomic E-state index is 13.1. The minimum absolute atomic E-state index is 0.123. The number of rotatable bonds is 7. The van der Waals surface area contributed by atoms with Gasteiger partial charge in [0.2, 0.25) is 5.91 Å². The number of hydrogen-bond donors (Lipinski definition) is 1. The molecule has 0 aromatic heterocycles. The number of aryl methyl sites for hydroxylation is 3. The monoisotopic (exact) mass is 410 g/mol. The van der Waals surface area contributed by atoms with Crippen molar-refractivity contribution >= 4 is 11.8 Å². The van der Waals surface area contributed by atoms with Crippen molar-refractivity contribution in [3.05, 3.63) is 64.7 Å². The summed E-state index contributed by atoms with van der Waals surface area (Å²) in [7, 11) is 0. The van der Waals surface area contributed by atoms with Gasteiger partial charge < -0.3 is 15.0 Å². The molecule has 0 saturated carbocycles. The van der Waals surface area contributed by atoms with Crippen LogP contribution in [0.1, 0.15) is 49.9 Å². The smallest absolute Gasteiger partial charge is 0.261 e. The highest BCUT2D eigenvalue weighted by Gasteiger charge is 2.29. The molecule has 0 aliphatic carbocycles. The van der Waals surface area contributed by atoms with Crippen molar-refractivity contribution < 1.29 is 14.3 Å². The van der Waals surface area contributed by atoms with Gasteiger partial charge in [0.05, 0.1) is 0 Å². The molecule has 1 N–H and O–H groups in total. The van der Waals surface area contributed by atoms with Gasteiger partial charge in [-0.25, -0.2) is 0 Å². The quantitative estimate of drug-likeness (QED) is 0.739. The first-order valence-electron chi connectivity index (χ1n) is 10.3. The zero-order chi connectivity index (χ0) is 22.5. The number of benzene rings is 2. The molecule has 0 fully saturated rings. The van der Waals surface area contributed by atoms with Gasteiger partial charge in [-0.2, -0.15) is 0 Å². The van der Waals surface area contributed by atoms with E-state index in [0.717, 1.165) is 16.7 Å². The minimum atomic E-state index is -0.625. The standard InChI is InChI=1S/C25H34N2O3/c1-17-12-13-22(14-19(17)3)30-16-23(28)27(15-21-11-9-8-10-18(21)2)20(4)24(29)26-25(5,6)7/h8-14,20H,15-16H2,1-7H3,(H,26,29)/t20-/m0/s1. The number of ether oxygens (including phenoxy) is 1. The molecular weight excluding hydrogens is 376 g/mol. The molecule has 1 atom stereocenters. The van der Waals surface area contributed by atoms with Crippen molar-refractivity contribution in [3.63, 3.8) is 0 Å². The Balaban J connectivity index is 2.20. The van der Waals surface area contributed by atoms with Crippen molar-refractivity contribution in [3.8, 4) is 5.75 Å². The third kappa shape index (κ3) is 6.61. The second-order valence-corrected chi connectivity index (χ2v) is 8.90. The molecule has 0 spiro atoms. The average molecular weight is 411 g/mol. The predicted molar refractivity (Wildman–Crippen MR) is 120 cm³/mol. The summed E-state index contributed by atoms with van der Waals surface area (Å²) in [6.45, 7) is 13.8. The first-order valence-corrected chi connectivity index (χ1v) is 10.3. The molecule has 30 heavy (non-hydrogen) atoms. The third-order valence-corrected chi connectivity index (χ3v) is 5.11. The molecule has 2 amide bonds. The average Bonchev–Trinajstić information content (AvgIpc) is 2.66. The van der Waals surface area contributed by atoms with Crippen molar-refractivity contribution in [1.82, 2.24) is 10.2 Å². The van der Waals surface area contributed by atoms with Gasteiger partial charge in [0, 0.05) is 12.1 Å². The van der Waals surface area contributed by atoms with Crippen LogP contribution in [0.2, 0.25) is 0 Å². The first kappa shape index (κ1) is 23.5.